The monoisotopic (exact) mass is 1200 g/mol. The summed E-state index contributed by atoms with van der Waals surface area (Å²) in [6, 6.07) is -0.862. The van der Waals surface area contributed by atoms with Crippen molar-refractivity contribution in [3.63, 3.8) is 0 Å². The first-order chi connectivity index (χ1) is 40.9. The minimum Gasteiger partial charge on any atom is -0.456 e. The third-order valence-electron chi connectivity index (χ3n) is 16.2. The number of nitrogens with zero attached hydrogens (tertiary/aromatic N) is 1. The molecule has 0 heterocycles. The number of phosphoric acid groups is 1. The Kier molecular flexibility index (Phi) is 62.0. The second-order valence-corrected chi connectivity index (χ2v) is 27.2. The van der Waals surface area contributed by atoms with Crippen molar-refractivity contribution in [3.05, 3.63) is 60.8 Å². The minimum atomic E-state index is -4.46. The minimum absolute atomic E-state index is 0.0352. The highest BCUT2D eigenvalue weighted by Gasteiger charge is 2.30. The quantitative estimate of drug-likeness (QED) is 0.0205. The molecule has 0 rings (SSSR count). The van der Waals surface area contributed by atoms with Crippen LogP contribution in [-0.2, 0) is 27.9 Å². The number of esters is 1. The van der Waals surface area contributed by atoms with E-state index in [-0.39, 0.29) is 31.5 Å². The van der Waals surface area contributed by atoms with Crippen molar-refractivity contribution in [2.75, 3.05) is 40.9 Å². The van der Waals surface area contributed by atoms with Crippen molar-refractivity contribution in [3.8, 4) is 0 Å². The number of ether oxygens (including phenoxy) is 1. The van der Waals surface area contributed by atoms with Gasteiger partial charge in [-0.25, -0.2) is 4.57 Å². The molecule has 2 N–H and O–H groups in total. The second kappa shape index (κ2) is 63.7. The zero-order valence-electron chi connectivity index (χ0n) is 56.4. The number of allylic oxidation sites excluding steroid dienone is 9. The zero-order chi connectivity index (χ0) is 61.4. The highest BCUT2D eigenvalue weighted by atomic mass is 31.2. The van der Waals surface area contributed by atoms with Gasteiger partial charge in [0.05, 0.1) is 33.8 Å². The number of hydrogen-bond acceptors (Lipinski definition) is 6. The SMILES string of the molecule is CCCCC/C=C\C/C=C\C/C=C\C/C=C\CCCCCC(=O)OC(/C=C\CCCCCCCCCCCC)C(COP(=O)(O)OCC[N+](C)(C)C)NC(=O)CCCCCCCCCCCCCCCCCCCCCCCCCCCCC. The van der Waals surface area contributed by atoms with Gasteiger partial charge in [-0.15, -0.1) is 0 Å². The van der Waals surface area contributed by atoms with E-state index in [9.17, 15) is 19.0 Å². The molecule has 10 heteroatoms. The average molecular weight is 1200 g/mol. The normalized spacial score (nSPS) is 13.8. The predicted molar refractivity (Wildman–Crippen MR) is 365 cm³/mol. The Morgan fingerprint density at radius 2 is 0.726 bits per heavy atom. The van der Waals surface area contributed by atoms with Crippen LogP contribution in [0.2, 0.25) is 0 Å². The smallest absolute Gasteiger partial charge is 0.456 e. The van der Waals surface area contributed by atoms with Crippen LogP contribution in [0, 0.1) is 0 Å². The molecule has 0 aliphatic heterocycles. The van der Waals surface area contributed by atoms with E-state index in [1.807, 2.05) is 33.3 Å². The lowest BCUT2D eigenvalue weighted by Crippen LogP contribution is -2.47. The lowest BCUT2D eigenvalue weighted by Gasteiger charge is -2.27. The Labute approximate surface area is 521 Å². The molecule has 0 aromatic carbocycles. The van der Waals surface area contributed by atoms with Crippen LogP contribution in [0.4, 0.5) is 0 Å². The maximum absolute atomic E-state index is 13.6. The molecule has 0 aromatic heterocycles. The second-order valence-electron chi connectivity index (χ2n) is 25.8. The number of amides is 1. The van der Waals surface area contributed by atoms with Gasteiger partial charge in [-0.3, -0.25) is 18.6 Å². The van der Waals surface area contributed by atoms with Gasteiger partial charge >= 0.3 is 13.8 Å². The molecule has 0 spiro atoms. The molecule has 3 unspecified atom stereocenters. The number of likely N-dealkylation sites (N-methyl/N-ethyl adjacent to an activating group) is 1. The Balaban J connectivity index is 5.03. The van der Waals surface area contributed by atoms with Crippen LogP contribution in [0.3, 0.4) is 0 Å². The summed E-state index contributed by atoms with van der Waals surface area (Å²) in [7, 11) is 1.49. The van der Waals surface area contributed by atoms with E-state index in [2.05, 4.69) is 74.7 Å². The molecule has 0 fully saturated rings. The van der Waals surface area contributed by atoms with E-state index in [1.54, 1.807) is 0 Å². The van der Waals surface area contributed by atoms with Crippen molar-refractivity contribution in [1.82, 2.24) is 5.32 Å². The summed E-state index contributed by atoms with van der Waals surface area (Å²) in [6.07, 6.45) is 82.5. The number of carbonyl (C=O) groups is 2. The maximum atomic E-state index is 13.6. The molecule has 0 aliphatic carbocycles. The molecular weight excluding hydrogens is 1060 g/mol. The molecule has 0 saturated carbocycles. The van der Waals surface area contributed by atoms with Gasteiger partial charge < -0.3 is 19.4 Å². The fourth-order valence-corrected chi connectivity index (χ4v) is 11.4. The molecule has 0 aromatic rings. The molecular formula is C74H140N2O7P+. The van der Waals surface area contributed by atoms with Crippen LogP contribution < -0.4 is 5.32 Å². The molecule has 0 bridgehead atoms. The number of carbonyl (C=O) groups excluding carboxylic acids is 2. The van der Waals surface area contributed by atoms with Gasteiger partial charge in [0.15, 0.2) is 0 Å². The van der Waals surface area contributed by atoms with E-state index in [1.165, 1.54) is 231 Å². The van der Waals surface area contributed by atoms with Crippen molar-refractivity contribution in [2.24, 2.45) is 0 Å². The van der Waals surface area contributed by atoms with Crippen molar-refractivity contribution < 1.29 is 37.3 Å². The molecule has 0 aliphatic rings. The summed E-state index contributed by atoms with van der Waals surface area (Å²) < 4.78 is 30.8. The largest absolute Gasteiger partial charge is 0.472 e. The standard InChI is InChI=1S/C74H139N2O7P/c1-7-10-13-16-19-22-25-28-30-32-34-35-36-37-38-39-40-41-43-44-46-48-51-54-57-60-63-66-73(77)75-71(70-82-84(79,80)81-69-68-76(4,5)6)72(65-62-59-56-53-50-27-24-21-18-15-12-9-3)83-74(78)67-64-61-58-55-52-49-47-45-42-33-31-29-26-23-20-17-14-11-8-2/h20,23,29,31,42,45,49,52,62,65,71-72H,7-19,21-22,24-28,30,32-41,43-44,46-48,50-51,53-61,63-64,66-70H2,1-6H3,(H-,75,77,79,80)/p+1/b23-20-,31-29-,45-42-,52-49-,65-62-. The van der Waals surface area contributed by atoms with Gasteiger partial charge in [0.2, 0.25) is 5.91 Å². The Hall–Kier alpha value is -2.29. The third kappa shape index (κ3) is 64.2. The number of hydrogen-bond donors (Lipinski definition) is 2. The van der Waals surface area contributed by atoms with E-state index < -0.39 is 20.0 Å². The number of unbranched alkanes of at least 4 members (excludes halogenated alkanes) is 42. The van der Waals surface area contributed by atoms with Crippen LogP contribution in [0.25, 0.3) is 0 Å². The van der Waals surface area contributed by atoms with Crippen LogP contribution in [0.5, 0.6) is 0 Å². The Morgan fingerprint density at radius 3 is 1.12 bits per heavy atom. The van der Waals surface area contributed by atoms with E-state index in [4.69, 9.17) is 13.8 Å². The van der Waals surface area contributed by atoms with Crippen LogP contribution in [0.15, 0.2) is 60.8 Å². The van der Waals surface area contributed by atoms with Gasteiger partial charge in [-0.2, -0.15) is 0 Å². The number of phosphoric ester groups is 1. The number of rotatable bonds is 66. The van der Waals surface area contributed by atoms with Gasteiger partial charge in [0.25, 0.3) is 0 Å². The van der Waals surface area contributed by atoms with Crippen LogP contribution in [-0.4, -0.2) is 74.3 Å². The van der Waals surface area contributed by atoms with Crippen molar-refractivity contribution in [1.29, 1.82) is 0 Å². The van der Waals surface area contributed by atoms with Crippen LogP contribution in [0.1, 0.15) is 348 Å². The molecule has 84 heavy (non-hydrogen) atoms. The topological polar surface area (TPSA) is 111 Å². The summed E-state index contributed by atoms with van der Waals surface area (Å²) in [5.41, 5.74) is 0. The Morgan fingerprint density at radius 1 is 0.417 bits per heavy atom. The summed E-state index contributed by atoms with van der Waals surface area (Å²) in [6.45, 7) is 7.01. The fraction of sp³-hybridized carbons (Fsp3) is 0.838. The van der Waals surface area contributed by atoms with Gasteiger partial charge in [0, 0.05) is 12.8 Å². The number of nitrogens with one attached hydrogen (secondary N) is 1. The summed E-state index contributed by atoms with van der Waals surface area (Å²) in [5.74, 6) is -0.527. The summed E-state index contributed by atoms with van der Waals surface area (Å²) >= 11 is 0. The molecule has 9 nitrogen and oxygen atoms in total. The van der Waals surface area contributed by atoms with E-state index in [0.29, 0.717) is 23.9 Å². The first-order valence-electron chi connectivity index (χ1n) is 36.1. The maximum Gasteiger partial charge on any atom is 0.472 e. The molecule has 1 amide bonds. The lowest BCUT2D eigenvalue weighted by molar-refractivity contribution is -0.870. The van der Waals surface area contributed by atoms with E-state index >= 15 is 0 Å². The highest BCUT2D eigenvalue weighted by molar-refractivity contribution is 7.47. The van der Waals surface area contributed by atoms with Gasteiger partial charge in [-0.05, 0) is 76.7 Å². The first-order valence-corrected chi connectivity index (χ1v) is 37.6. The lowest BCUT2D eigenvalue weighted by atomic mass is 10.0. The van der Waals surface area contributed by atoms with Crippen molar-refractivity contribution >= 4 is 19.7 Å². The fourth-order valence-electron chi connectivity index (χ4n) is 10.6. The average Bonchev–Trinajstić information content (AvgIpc) is 3.65. The van der Waals surface area contributed by atoms with E-state index in [0.717, 1.165) is 77.0 Å². The molecule has 492 valence electrons. The number of quaternary nitrogens is 1. The summed E-state index contributed by atoms with van der Waals surface area (Å²) in [4.78, 5) is 37.9. The summed E-state index contributed by atoms with van der Waals surface area (Å²) in [5, 5.41) is 3.07. The third-order valence-corrected chi connectivity index (χ3v) is 17.2. The predicted octanol–water partition coefficient (Wildman–Crippen LogP) is 23.0. The molecule has 3 atom stereocenters. The zero-order valence-corrected chi connectivity index (χ0v) is 57.3. The van der Waals surface area contributed by atoms with Gasteiger partial charge in [-0.1, -0.05) is 319 Å². The highest BCUT2D eigenvalue weighted by Crippen LogP contribution is 2.43. The molecule has 0 saturated heterocycles. The molecule has 0 radical (unpaired) electrons. The first kappa shape index (κ1) is 81.7. The van der Waals surface area contributed by atoms with Gasteiger partial charge in [0.1, 0.15) is 19.3 Å². The van der Waals surface area contributed by atoms with Crippen LogP contribution >= 0.6 is 7.82 Å². The Bertz CT molecular complexity index is 1620. The van der Waals surface area contributed by atoms with Crippen molar-refractivity contribution in [2.45, 2.75) is 360 Å².